The monoisotopic (exact) mass is 516 g/mol. The molecule has 5 rings (SSSR count). The number of aliphatic hydroxyl groups is 1. The number of hydrogen-bond acceptors (Lipinski definition) is 6. The number of halogens is 1. The zero-order valence-corrected chi connectivity index (χ0v) is 21.1. The molecule has 7 nitrogen and oxygen atoms in total. The Morgan fingerprint density at radius 1 is 1.08 bits per heavy atom. The summed E-state index contributed by atoms with van der Waals surface area (Å²) in [5, 5.41) is 14.3. The lowest BCUT2D eigenvalue weighted by molar-refractivity contribution is 0.0366. The lowest BCUT2D eigenvalue weighted by Crippen LogP contribution is -2.37. The van der Waals surface area contributed by atoms with Crippen LogP contribution in [0, 0.1) is 11.2 Å². The quantitative estimate of drug-likeness (QED) is 0.115. The molecule has 1 aliphatic heterocycles. The average molecular weight is 517 g/mol. The van der Waals surface area contributed by atoms with Gasteiger partial charge in [0.15, 0.2) is 11.4 Å². The van der Waals surface area contributed by atoms with Crippen LogP contribution >= 0.6 is 0 Å². The summed E-state index contributed by atoms with van der Waals surface area (Å²) in [5.41, 5.74) is 1.30. The van der Waals surface area contributed by atoms with Gasteiger partial charge in [-0.3, -0.25) is 0 Å². The number of ether oxygens (including phenoxy) is 2. The van der Waals surface area contributed by atoms with Crippen molar-refractivity contribution in [2.45, 2.75) is 26.4 Å². The molecule has 0 radical (unpaired) electrons. The average Bonchev–Trinajstić information content (AvgIpc) is 3.49. The summed E-state index contributed by atoms with van der Waals surface area (Å²) in [5.74, 6) is 0.537. The minimum absolute atomic E-state index is 0.119. The minimum atomic E-state index is -0.736. The Kier molecular flexibility index (Phi) is 6.31. The van der Waals surface area contributed by atoms with E-state index < -0.39 is 11.7 Å². The number of amides is 1. The number of carbonyl (C=O) groups excluding carboxylic acids is 1. The molecular formula is C28H23FN3O4S-. The fourth-order valence-corrected chi connectivity index (χ4v) is 4.72. The van der Waals surface area contributed by atoms with E-state index in [9.17, 15) is 14.3 Å². The molecule has 2 aromatic carbocycles. The fraction of sp³-hybridized carbons (Fsp3) is 0.143. The fourth-order valence-electron chi connectivity index (χ4n) is 3.74. The van der Waals surface area contributed by atoms with Gasteiger partial charge in [0.1, 0.15) is 28.6 Å². The van der Waals surface area contributed by atoms with E-state index in [-0.39, 0.29) is 17.3 Å². The van der Waals surface area contributed by atoms with Crippen LogP contribution in [0.15, 0.2) is 78.9 Å². The van der Waals surface area contributed by atoms with Gasteiger partial charge >= 0.3 is 6.09 Å². The summed E-state index contributed by atoms with van der Waals surface area (Å²) < 4.78 is 24.6. The van der Waals surface area contributed by atoms with Crippen LogP contribution < -0.4 is 4.74 Å². The minimum Gasteiger partial charge on any atom is -0.513 e. The van der Waals surface area contributed by atoms with Crippen molar-refractivity contribution in [3.05, 3.63) is 101 Å². The predicted molar refractivity (Wildman–Crippen MR) is 141 cm³/mol. The first-order valence-corrected chi connectivity index (χ1v) is 12.3. The number of aromatic nitrogens is 2. The van der Waals surface area contributed by atoms with Crippen molar-refractivity contribution in [3.63, 3.8) is 0 Å². The summed E-state index contributed by atoms with van der Waals surface area (Å²) >= 11 is 1.29. The summed E-state index contributed by atoms with van der Waals surface area (Å²) in [4.78, 5) is 23.2. The molecule has 0 saturated carbocycles. The Hall–Kier alpha value is -4.37. The van der Waals surface area contributed by atoms with Crippen molar-refractivity contribution >= 4 is 39.5 Å². The van der Waals surface area contributed by atoms with Crippen molar-refractivity contribution in [1.29, 1.82) is 0 Å². The van der Waals surface area contributed by atoms with Crippen LogP contribution in [-0.4, -0.2) is 37.0 Å². The molecule has 0 fully saturated rings. The molecule has 0 saturated heterocycles. The maximum atomic E-state index is 13.3. The highest BCUT2D eigenvalue weighted by atomic mass is 32.1. The van der Waals surface area contributed by atoms with E-state index in [4.69, 9.17) is 9.47 Å². The molecule has 37 heavy (non-hydrogen) atoms. The van der Waals surface area contributed by atoms with Gasteiger partial charge in [0.2, 0.25) is 10.7 Å². The molecule has 1 aliphatic rings. The maximum absolute atomic E-state index is 13.3. The Labute approximate surface area is 217 Å². The second-order valence-corrected chi connectivity index (χ2v) is 10.1. The zero-order chi connectivity index (χ0) is 26.2. The van der Waals surface area contributed by atoms with Gasteiger partial charge in [0.05, 0.1) is 5.75 Å². The molecule has 1 amide bonds. The molecule has 9 heteroatoms. The van der Waals surface area contributed by atoms with Gasteiger partial charge in [-0.15, -0.1) is 12.1 Å². The molecule has 2 aromatic heterocycles. The van der Waals surface area contributed by atoms with E-state index in [1.807, 2.05) is 6.07 Å². The van der Waals surface area contributed by atoms with Crippen LogP contribution in [-0.2, 0) is 16.1 Å². The number of allylic oxidation sites excluding steroid dienone is 1. The van der Waals surface area contributed by atoms with Gasteiger partial charge in [-0.25, -0.2) is 14.1 Å². The molecular weight excluding hydrogens is 493 g/mol. The Balaban J connectivity index is 1.50. The van der Waals surface area contributed by atoms with Gasteiger partial charge in [0, 0.05) is 0 Å². The van der Waals surface area contributed by atoms with Gasteiger partial charge < -0.3 is 24.5 Å². The number of fused-ring (bicyclic) bond motifs is 1. The Morgan fingerprint density at radius 3 is 2.54 bits per heavy atom. The van der Waals surface area contributed by atoms with E-state index in [1.54, 1.807) is 69.0 Å². The predicted octanol–water partition coefficient (Wildman–Crippen LogP) is 6.18. The highest BCUT2D eigenvalue weighted by molar-refractivity contribution is 7.81. The van der Waals surface area contributed by atoms with Gasteiger partial charge in [-0.05, 0) is 56.8 Å². The summed E-state index contributed by atoms with van der Waals surface area (Å²) in [6.07, 6.45) is 4.22. The van der Waals surface area contributed by atoms with Crippen molar-refractivity contribution in [1.82, 2.24) is 14.9 Å². The molecule has 0 atom stereocenters. The van der Waals surface area contributed by atoms with Crippen LogP contribution in [0.25, 0.3) is 16.7 Å². The van der Waals surface area contributed by atoms with E-state index >= 15 is 0 Å². The van der Waals surface area contributed by atoms with Gasteiger partial charge in [0.25, 0.3) is 0 Å². The number of nitrogens with zero attached hydrogens (tertiary/aromatic N) is 3. The third kappa shape index (κ3) is 5.12. The molecule has 4 aromatic rings. The van der Waals surface area contributed by atoms with Gasteiger partial charge in [-0.1, -0.05) is 41.0 Å². The first kappa shape index (κ1) is 24.3. The lowest BCUT2D eigenvalue weighted by atomic mass is 10.1. The zero-order valence-electron chi connectivity index (χ0n) is 20.3. The number of aliphatic hydroxyl groups excluding tert-OH is 1. The first-order chi connectivity index (χ1) is 17.7. The maximum Gasteiger partial charge on any atom is 0.412 e. The third-order valence-corrected chi connectivity index (χ3v) is 6.33. The number of hydrogen-bond donors (Lipinski definition) is 1. The van der Waals surface area contributed by atoms with Crippen LogP contribution in [0.3, 0.4) is 0 Å². The molecule has 0 unspecified atom stereocenters. The molecule has 1 N–H and O–H groups in total. The summed E-state index contributed by atoms with van der Waals surface area (Å²) in [6, 6.07) is 14.6. The van der Waals surface area contributed by atoms with Gasteiger partial charge in [-0.2, -0.15) is 6.07 Å². The Bertz CT molecular complexity index is 1510. The number of benzene rings is 2. The Morgan fingerprint density at radius 2 is 1.84 bits per heavy atom. The first-order valence-electron chi connectivity index (χ1n) is 11.4. The second kappa shape index (κ2) is 9.59. The highest BCUT2D eigenvalue weighted by Gasteiger charge is 2.40. The third-order valence-electron chi connectivity index (χ3n) is 5.35. The number of rotatable bonds is 4. The molecule has 3 heterocycles. The normalized spacial score (nSPS) is 14.8. The largest absolute Gasteiger partial charge is 0.513 e. The molecule has 0 aliphatic carbocycles. The lowest BCUT2D eigenvalue weighted by Gasteiger charge is -2.28. The summed E-state index contributed by atoms with van der Waals surface area (Å²) in [6.45, 7) is 5.35. The van der Waals surface area contributed by atoms with Crippen molar-refractivity contribution in [2.24, 2.45) is 0 Å². The van der Waals surface area contributed by atoms with E-state index in [1.165, 1.54) is 40.5 Å². The van der Waals surface area contributed by atoms with E-state index in [0.29, 0.717) is 38.9 Å². The topological polar surface area (TPSA) is 84.8 Å². The second-order valence-electron chi connectivity index (χ2n) is 9.24. The van der Waals surface area contributed by atoms with Crippen molar-refractivity contribution in [3.8, 4) is 11.5 Å². The van der Waals surface area contributed by atoms with Crippen LogP contribution in [0.5, 0.6) is 11.5 Å². The highest BCUT2D eigenvalue weighted by Crippen LogP contribution is 2.35. The van der Waals surface area contributed by atoms with E-state index in [2.05, 4.69) is 9.97 Å². The van der Waals surface area contributed by atoms with Crippen molar-refractivity contribution < 1.29 is 23.8 Å². The molecule has 188 valence electrons. The number of carbonyl (C=O) groups is 1. The smallest absolute Gasteiger partial charge is 0.412 e. The van der Waals surface area contributed by atoms with E-state index in [0.717, 1.165) is 0 Å². The SMILES string of the molecule is CC(C)(C)OC(=O)N1C(=C(O)c2cn[c-]3cc(Oc4ccc(F)cc4)ccc23)C=[S+][C-]1c1cccnc1. The molecule has 0 spiro atoms. The standard InChI is InChI=1S/C28H23FN3O4S/c1-28(2,3)36-27(34)32-24(16-37-26(32)17-5-4-12-30-14-17)25(33)22-15-31-23-13-20(10-11-21(22)23)35-19-8-6-18(29)7-9-19/h4-16,33H,1-3H3/q-1. The summed E-state index contributed by atoms with van der Waals surface area (Å²) in [7, 11) is 0. The van der Waals surface area contributed by atoms with Crippen molar-refractivity contribution in [2.75, 3.05) is 0 Å². The number of pyridine rings is 1. The van der Waals surface area contributed by atoms with Crippen LogP contribution in [0.2, 0.25) is 0 Å². The van der Waals surface area contributed by atoms with Crippen LogP contribution in [0.4, 0.5) is 9.18 Å². The van der Waals surface area contributed by atoms with Crippen LogP contribution in [0.1, 0.15) is 31.9 Å². The molecule has 0 bridgehead atoms.